The molecule has 2 rings (SSSR count). The van der Waals surface area contributed by atoms with Gasteiger partial charge in [-0.1, -0.05) is 0 Å². The SMILES string of the molecule is ClCC1CCCN(Cc2ccsc2)C1. The summed E-state index contributed by atoms with van der Waals surface area (Å²) in [7, 11) is 0. The lowest BCUT2D eigenvalue weighted by molar-refractivity contribution is 0.178. The second-order valence-electron chi connectivity index (χ2n) is 4.03. The Morgan fingerprint density at radius 3 is 3.21 bits per heavy atom. The van der Waals surface area contributed by atoms with Gasteiger partial charge >= 0.3 is 0 Å². The average molecular weight is 230 g/mol. The second kappa shape index (κ2) is 5.15. The Morgan fingerprint density at radius 2 is 2.50 bits per heavy atom. The summed E-state index contributed by atoms with van der Waals surface area (Å²) in [5.74, 6) is 1.53. The fraction of sp³-hybridized carbons (Fsp3) is 0.636. The zero-order valence-electron chi connectivity index (χ0n) is 8.29. The molecule has 1 unspecified atom stereocenters. The number of rotatable bonds is 3. The molecule has 0 N–H and O–H groups in total. The average Bonchev–Trinajstić information content (AvgIpc) is 2.71. The van der Waals surface area contributed by atoms with Crippen LogP contribution in [0.5, 0.6) is 0 Å². The monoisotopic (exact) mass is 229 g/mol. The van der Waals surface area contributed by atoms with Crippen molar-refractivity contribution in [2.75, 3.05) is 19.0 Å². The Labute approximate surface area is 94.7 Å². The lowest BCUT2D eigenvalue weighted by atomic mass is 10.00. The van der Waals surface area contributed by atoms with Crippen LogP contribution in [0.25, 0.3) is 0 Å². The molecule has 0 amide bonds. The number of hydrogen-bond acceptors (Lipinski definition) is 2. The zero-order valence-corrected chi connectivity index (χ0v) is 9.86. The summed E-state index contributed by atoms with van der Waals surface area (Å²) >= 11 is 7.68. The van der Waals surface area contributed by atoms with Gasteiger partial charge in [-0.15, -0.1) is 11.6 Å². The van der Waals surface area contributed by atoms with Crippen molar-refractivity contribution in [2.45, 2.75) is 19.4 Å². The summed E-state index contributed by atoms with van der Waals surface area (Å²) in [6, 6.07) is 2.22. The molecular weight excluding hydrogens is 214 g/mol. The van der Waals surface area contributed by atoms with Gasteiger partial charge in [0.05, 0.1) is 0 Å². The topological polar surface area (TPSA) is 3.24 Å². The standard InChI is InChI=1S/C11H16ClNS/c12-6-10-2-1-4-13(7-10)8-11-3-5-14-9-11/h3,5,9-10H,1-2,4,6-8H2. The van der Waals surface area contributed by atoms with Crippen molar-refractivity contribution in [1.29, 1.82) is 0 Å². The number of alkyl halides is 1. The maximum Gasteiger partial charge on any atom is 0.0263 e. The fourth-order valence-electron chi connectivity index (χ4n) is 2.06. The molecule has 0 bridgehead atoms. The van der Waals surface area contributed by atoms with Gasteiger partial charge in [-0.25, -0.2) is 0 Å². The van der Waals surface area contributed by atoms with Crippen LogP contribution in [0.4, 0.5) is 0 Å². The van der Waals surface area contributed by atoms with E-state index in [1.807, 2.05) is 0 Å². The Bertz CT molecular complexity index is 260. The quantitative estimate of drug-likeness (QED) is 0.720. The van der Waals surface area contributed by atoms with Crippen LogP contribution in [-0.4, -0.2) is 23.9 Å². The smallest absolute Gasteiger partial charge is 0.0263 e. The van der Waals surface area contributed by atoms with Gasteiger partial charge in [0.1, 0.15) is 0 Å². The number of halogens is 1. The van der Waals surface area contributed by atoms with E-state index in [1.54, 1.807) is 11.3 Å². The first-order chi connectivity index (χ1) is 6.88. The van der Waals surface area contributed by atoms with Gasteiger partial charge in [0.15, 0.2) is 0 Å². The highest BCUT2D eigenvalue weighted by Crippen LogP contribution is 2.20. The van der Waals surface area contributed by atoms with Gasteiger partial charge in [-0.05, 0) is 47.7 Å². The maximum atomic E-state index is 5.90. The van der Waals surface area contributed by atoms with Gasteiger partial charge in [-0.3, -0.25) is 4.90 Å². The molecule has 1 aliphatic rings. The van der Waals surface area contributed by atoms with Gasteiger partial charge < -0.3 is 0 Å². The molecule has 1 aliphatic heterocycles. The lowest BCUT2D eigenvalue weighted by Crippen LogP contribution is -2.35. The van der Waals surface area contributed by atoms with E-state index in [0.717, 1.165) is 12.4 Å². The summed E-state index contributed by atoms with van der Waals surface area (Å²) in [5.41, 5.74) is 1.45. The van der Waals surface area contributed by atoms with Crippen LogP contribution >= 0.6 is 22.9 Å². The first-order valence-electron chi connectivity index (χ1n) is 5.18. The Kier molecular flexibility index (Phi) is 3.85. The first-order valence-corrected chi connectivity index (χ1v) is 6.65. The van der Waals surface area contributed by atoms with E-state index in [-0.39, 0.29) is 0 Å². The minimum atomic E-state index is 0.712. The summed E-state index contributed by atoms with van der Waals surface area (Å²) in [4.78, 5) is 2.53. The number of nitrogens with zero attached hydrogens (tertiary/aromatic N) is 1. The van der Waals surface area contributed by atoms with Gasteiger partial charge in [0.2, 0.25) is 0 Å². The highest BCUT2D eigenvalue weighted by atomic mass is 35.5. The third-order valence-electron chi connectivity index (χ3n) is 2.81. The van der Waals surface area contributed by atoms with Crippen LogP contribution in [0.3, 0.4) is 0 Å². The maximum absolute atomic E-state index is 5.90. The first kappa shape index (κ1) is 10.5. The molecular formula is C11H16ClNS. The van der Waals surface area contributed by atoms with Crippen molar-refractivity contribution < 1.29 is 0 Å². The predicted molar refractivity (Wildman–Crippen MR) is 63.0 cm³/mol. The van der Waals surface area contributed by atoms with Crippen molar-refractivity contribution >= 4 is 22.9 Å². The van der Waals surface area contributed by atoms with Crippen molar-refractivity contribution in [3.05, 3.63) is 22.4 Å². The number of likely N-dealkylation sites (tertiary alicyclic amines) is 1. The Balaban J connectivity index is 1.86. The fourth-order valence-corrected chi connectivity index (χ4v) is 2.97. The van der Waals surface area contributed by atoms with E-state index in [0.29, 0.717) is 5.92 Å². The lowest BCUT2D eigenvalue weighted by Gasteiger charge is -2.31. The Hall–Kier alpha value is -0.0500. The van der Waals surface area contributed by atoms with E-state index in [1.165, 1.54) is 31.5 Å². The summed E-state index contributed by atoms with van der Waals surface area (Å²) in [6.07, 6.45) is 2.62. The van der Waals surface area contributed by atoms with E-state index >= 15 is 0 Å². The van der Waals surface area contributed by atoms with E-state index in [9.17, 15) is 0 Å². The molecule has 0 aliphatic carbocycles. The molecule has 0 spiro atoms. The predicted octanol–water partition coefficient (Wildman–Crippen LogP) is 3.20. The molecule has 2 heterocycles. The molecule has 78 valence electrons. The third kappa shape index (κ3) is 2.72. The molecule has 1 nitrogen and oxygen atoms in total. The summed E-state index contributed by atoms with van der Waals surface area (Å²) in [6.45, 7) is 3.53. The third-order valence-corrected chi connectivity index (χ3v) is 3.98. The summed E-state index contributed by atoms with van der Waals surface area (Å²) in [5, 5.41) is 4.39. The van der Waals surface area contributed by atoms with Crippen molar-refractivity contribution in [2.24, 2.45) is 5.92 Å². The van der Waals surface area contributed by atoms with Crippen LogP contribution < -0.4 is 0 Å². The minimum absolute atomic E-state index is 0.712. The molecule has 0 aromatic carbocycles. The molecule has 1 atom stereocenters. The number of piperidine rings is 1. The number of hydrogen-bond donors (Lipinski definition) is 0. The van der Waals surface area contributed by atoms with E-state index < -0.39 is 0 Å². The Morgan fingerprint density at radius 1 is 1.57 bits per heavy atom. The van der Waals surface area contributed by atoms with E-state index in [2.05, 4.69) is 21.7 Å². The molecule has 0 saturated carbocycles. The molecule has 1 aromatic rings. The van der Waals surface area contributed by atoms with Crippen molar-refractivity contribution in [1.82, 2.24) is 4.90 Å². The van der Waals surface area contributed by atoms with Crippen LogP contribution in [0, 0.1) is 5.92 Å². The van der Waals surface area contributed by atoms with Gasteiger partial charge in [-0.2, -0.15) is 11.3 Å². The normalized spacial score (nSPS) is 23.9. The minimum Gasteiger partial charge on any atom is -0.299 e. The molecule has 1 saturated heterocycles. The van der Waals surface area contributed by atoms with Crippen LogP contribution in [-0.2, 0) is 6.54 Å². The highest BCUT2D eigenvalue weighted by Gasteiger charge is 2.18. The van der Waals surface area contributed by atoms with Crippen LogP contribution in [0.1, 0.15) is 18.4 Å². The van der Waals surface area contributed by atoms with Gasteiger partial charge in [0.25, 0.3) is 0 Å². The molecule has 3 heteroatoms. The highest BCUT2D eigenvalue weighted by molar-refractivity contribution is 7.07. The van der Waals surface area contributed by atoms with Crippen molar-refractivity contribution in [3.63, 3.8) is 0 Å². The van der Waals surface area contributed by atoms with Crippen LogP contribution in [0.15, 0.2) is 16.8 Å². The summed E-state index contributed by atoms with van der Waals surface area (Å²) < 4.78 is 0. The largest absolute Gasteiger partial charge is 0.299 e. The molecule has 1 fully saturated rings. The van der Waals surface area contributed by atoms with E-state index in [4.69, 9.17) is 11.6 Å². The van der Waals surface area contributed by atoms with Crippen molar-refractivity contribution in [3.8, 4) is 0 Å². The second-order valence-corrected chi connectivity index (χ2v) is 5.12. The zero-order chi connectivity index (χ0) is 9.80. The van der Waals surface area contributed by atoms with Gasteiger partial charge in [0, 0.05) is 19.0 Å². The molecule has 0 radical (unpaired) electrons. The number of thiophene rings is 1. The molecule has 14 heavy (non-hydrogen) atoms. The molecule has 1 aromatic heterocycles. The van der Waals surface area contributed by atoms with Crippen LogP contribution in [0.2, 0.25) is 0 Å².